The Morgan fingerprint density at radius 1 is 1.20 bits per heavy atom. The average Bonchev–Trinajstić information content (AvgIpc) is 3.48. The molecule has 7 nitrogen and oxygen atoms in total. The Morgan fingerprint density at radius 2 is 1.94 bits per heavy atom. The Morgan fingerprint density at radius 3 is 2.57 bits per heavy atom. The van der Waals surface area contributed by atoms with E-state index in [1.165, 1.54) is 29.2 Å². The van der Waals surface area contributed by atoms with Gasteiger partial charge in [0.15, 0.2) is 0 Å². The second kappa shape index (κ2) is 12.1. The molecule has 0 aliphatic rings. The molecule has 0 saturated heterocycles. The SMILES string of the molecule is C=CCOC(=O)c1sc(NC=C(C#N)c2nc(-c3ccc(CC)cc3)cs2)c(C(=O)OCC)c1C. The van der Waals surface area contributed by atoms with E-state index in [2.05, 4.69) is 42.0 Å². The number of anilines is 1. The van der Waals surface area contributed by atoms with Crippen molar-refractivity contribution in [3.63, 3.8) is 0 Å². The van der Waals surface area contributed by atoms with E-state index in [9.17, 15) is 14.9 Å². The molecular weight excluding hydrogens is 482 g/mol. The molecule has 0 saturated carbocycles. The Bertz CT molecular complexity index is 1300. The van der Waals surface area contributed by atoms with E-state index in [0.717, 1.165) is 29.0 Å². The van der Waals surface area contributed by atoms with Crippen LogP contribution in [0.15, 0.2) is 48.5 Å². The van der Waals surface area contributed by atoms with Gasteiger partial charge in [0.05, 0.1) is 17.9 Å². The molecule has 0 fully saturated rings. The lowest BCUT2D eigenvalue weighted by Crippen LogP contribution is -2.09. The summed E-state index contributed by atoms with van der Waals surface area (Å²) in [4.78, 5) is 29.9. The summed E-state index contributed by atoms with van der Waals surface area (Å²) in [6.45, 7) is 9.24. The van der Waals surface area contributed by atoms with Crippen LogP contribution in [0.25, 0.3) is 16.8 Å². The molecule has 0 radical (unpaired) electrons. The van der Waals surface area contributed by atoms with Crippen LogP contribution in [0.2, 0.25) is 0 Å². The number of thiazole rings is 1. The van der Waals surface area contributed by atoms with E-state index in [1.54, 1.807) is 13.8 Å². The Kier molecular flexibility index (Phi) is 8.95. The number of nitrogens with zero attached hydrogens (tertiary/aromatic N) is 2. The molecule has 180 valence electrons. The number of carbonyl (C=O) groups is 2. The lowest BCUT2D eigenvalue weighted by atomic mass is 10.1. The highest BCUT2D eigenvalue weighted by Gasteiger charge is 2.26. The molecule has 35 heavy (non-hydrogen) atoms. The average molecular weight is 508 g/mol. The third-order valence-corrected chi connectivity index (χ3v) is 7.08. The molecule has 1 N–H and O–H groups in total. The van der Waals surface area contributed by atoms with Crippen LogP contribution >= 0.6 is 22.7 Å². The molecule has 1 aromatic carbocycles. The molecule has 0 spiro atoms. The molecule has 0 aliphatic heterocycles. The molecule has 0 atom stereocenters. The van der Waals surface area contributed by atoms with Crippen LogP contribution in [0.5, 0.6) is 0 Å². The molecular formula is C26H25N3O4S2. The number of benzene rings is 1. The molecule has 3 aromatic rings. The van der Waals surface area contributed by atoms with Gasteiger partial charge >= 0.3 is 11.9 Å². The number of rotatable bonds is 10. The second-order valence-electron chi connectivity index (χ2n) is 7.27. The number of allylic oxidation sites excluding steroid dienone is 1. The van der Waals surface area contributed by atoms with Gasteiger partial charge in [0.2, 0.25) is 0 Å². The van der Waals surface area contributed by atoms with Crippen LogP contribution < -0.4 is 5.32 Å². The number of thiophene rings is 1. The summed E-state index contributed by atoms with van der Waals surface area (Å²) in [7, 11) is 0. The highest BCUT2D eigenvalue weighted by molar-refractivity contribution is 7.18. The van der Waals surface area contributed by atoms with Gasteiger partial charge in [0.1, 0.15) is 33.1 Å². The van der Waals surface area contributed by atoms with Crippen molar-refractivity contribution in [2.45, 2.75) is 27.2 Å². The molecule has 0 unspecified atom stereocenters. The van der Waals surface area contributed by atoms with Crippen molar-refractivity contribution in [1.29, 1.82) is 5.26 Å². The van der Waals surface area contributed by atoms with Crippen molar-refractivity contribution >= 4 is 45.2 Å². The zero-order valence-electron chi connectivity index (χ0n) is 19.7. The molecule has 0 amide bonds. The van der Waals surface area contributed by atoms with Crippen LogP contribution in [0, 0.1) is 18.3 Å². The summed E-state index contributed by atoms with van der Waals surface area (Å²) in [6, 6.07) is 10.3. The first-order valence-electron chi connectivity index (χ1n) is 10.9. The molecule has 3 rings (SSSR count). The maximum Gasteiger partial charge on any atom is 0.348 e. The van der Waals surface area contributed by atoms with E-state index in [0.29, 0.717) is 21.1 Å². The second-order valence-corrected chi connectivity index (χ2v) is 9.15. The lowest BCUT2D eigenvalue weighted by molar-refractivity contribution is 0.0527. The fourth-order valence-electron chi connectivity index (χ4n) is 3.18. The first-order chi connectivity index (χ1) is 16.9. The first-order valence-corrected chi connectivity index (χ1v) is 12.6. The van der Waals surface area contributed by atoms with Gasteiger partial charge in [-0.05, 0) is 31.4 Å². The van der Waals surface area contributed by atoms with Gasteiger partial charge < -0.3 is 14.8 Å². The maximum atomic E-state index is 12.6. The van der Waals surface area contributed by atoms with Crippen molar-refractivity contribution in [3.8, 4) is 17.3 Å². The standard InChI is InChI=1S/C26H25N3O4S2/c1-5-12-33-26(31)22-16(4)21(25(30)32-7-3)24(35-22)28-14-19(13-27)23-29-20(15-34-23)18-10-8-17(6-2)9-11-18/h5,8-11,14-15,28H,1,6-7,12H2,2-4H3. The van der Waals surface area contributed by atoms with Gasteiger partial charge in [-0.2, -0.15) is 5.26 Å². The third-order valence-electron chi connectivity index (χ3n) is 5.00. The van der Waals surface area contributed by atoms with Crippen LogP contribution in [-0.2, 0) is 15.9 Å². The predicted octanol–water partition coefficient (Wildman–Crippen LogP) is 6.24. The number of nitriles is 1. The molecule has 0 aliphatic carbocycles. The van der Waals surface area contributed by atoms with Crippen molar-refractivity contribution < 1.29 is 19.1 Å². The van der Waals surface area contributed by atoms with Crippen molar-refractivity contribution in [2.24, 2.45) is 0 Å². The molecule has 0 bridgehead atoms. The third kappa shape index (κ3) is 6.04. The van der Waals surface area contributed by atoms with Crippen molar-refractivity contribution in [1.82, 2.24) is 4.98 Å². The monoisotopic (exact) mass is 507 g/mol. The summed E-state index contributed by atoms with van der Waals surface area (Å²) in [6.07, 6.45) is 3.91. The van der Waals surface area contributed by atoms with Gasteiger partial charge in [-0.3, -0.25) is 0 Å². The number of aryl methyl sites for hydroxylation is 1. The topological polar surface area (TPSA) is 101 Å². The minimum Gasteiger partial charge on any atom is -0.462 e. The molecule has 2 heterocycles. The quantitative estimate of drug-likeness (QED) is 0.197. The normalized spacial score (nSPS) is 11.0. The van der Waals surface area contributed by atoms with Crippen molar-refractivity contribution in [2.75, 3.05) is 18.5 Å². The van der Waals surface area contributed by atoms with Gasteiger partial charge in [0, 0.05) is 17.1 Å². The zero-order chi connectivity index (χ0) is 25.4. The number of esters is 2. The molecule has 9 heteroatoms. The summed E-state index contributed by atoms with van der Waals surface area (Å²) in [5, 5.41) is 15.6. The number of ether oxygens (including phenoxy) is 2. The van der Waals surface area contributed by atoms with E-state index in [-0.39, 0.29) is 23.7 Å². The minimum atomic E-state index is -0.564. The fourth-order valence-corrected chi connectivity index (χ4v) is 5.03. The maximum absolute atomic E-state index is 12.6. The number of carbonyl (C=O) groups excluding carboxylic acids is 2. The van der Waals surface area contributed by atoms with Crippen LogP contribution in [-0.4, -0.2) is 30.1 Å². The smallest absolute Gasteiger partial charge is 0.348 e. The highest BCUT2D eigenvalue weighted by atomic mass is 32.1. The first kappa shape index (κ1) is 25.9. The number of aromatic nitrogens is 1. The summed E-state index contributed by atoms with van der Waals surface area (Å²) in [5.74, 6) is -1.13. The van der Waals surface area contributed by atoms with E-state index in [4.69, 9.17) is 9.47 Å². The predicted molar refractivity (Wildman–Crippen MR) is 140 cm³/mol. The number of hydrogen-bond acceptors (Lipinski definition) is 9. The van der Waals surface area contributed by atoms with E-state index >= 15 is 0 Å². The van der Waals surface area contributed by atoms with Gasteiger partial charge in [-0.25, -0.2) is 14.6 Å². The van der Waals surface area contributed by atoms with Gasteiger partial charge in [0.25, 0.3) is 0 Å². The minimum absolute atomic E-state index is 0.0553. The fraction of sp³-hybridized carbons (Fsp3) is 0.231. The summed E-state index contributed by atoms with van der Waals surface area (Å²) in [5.41, 5.74) is 3.96. The van der Waals surface area contributed by atoms with Crippen LogP contribution in [0.4, 0.5) is 5.00 Å². The number of hydrogen-bond donors (Lipinski definition) is 1. The largest absolute Gasteiger partial charge is 0.462 e. The van der Waals surface area contributed by atoms with Crippen LogP contribution in [0.3, 0.4) is 0 Å². The Labute approximate surface area is 212 Å². The Hall–Kier alpha value is -3.74. The molecule has 2 aromatic heterocycles. The van der Waals surface area contributed by atoms with Gasteiger partial charge in [-0.15, -0.1) is 22.7 Å². The lowest BCUT2D eigenvalue weighted by Gasteiger charge is -2.05. The highest BCUT2D eigenvalue weighted by Crippen LogP contribution is 2.35. The number of nitrogens with one attached hydrogen (secondary N) is 1. The van der Waals surface area contributed by atoms with Gasteiger partial charge in [-0.1, -0.05) is 43.8 Å². The summed E-state index contributed by atoms with van der Waals surface area (Å²) < 4.78 is 10.3. The van der Waals surface area contributed by atoms with E-state index in [1.807, 2.05) is 17.5 Å². The van der Waals surface area contributed by atoms with Crippen molar-refractivity contribution in [3.05, 3.63) is 75.1 Å². The Balaban J connectivity index is 1.91. The zero-order valence-corrected chi connectivity index (χ0v) is 21.3. The van der Waals surface area contributed by atoms with E-state index < -0.39 is 11.9 Å². The summed E-state index contributed by atoms with van der Waals surface area (Å²) >= 11 is 2.41. The van der Waals surface area contributed by atoms with Crippen LogP contribution in [0.1, 0.15) is 50.0 Å².